The zero-order valence-electron chi connectivity index (χ0n) is 18.2. The highest BCUT2D eigenvalue weighted by molar-refractivity contribution is 14.0. The van der Waals surface area contributed by atoms with Crippen molar-refractivity contribution in [2.24, 2.45) is 4.99 Å². The van der Waals surface area contributed by atoms with E-state index in [0.717, 1.165) is 36.8 Å². The fourth-order valence-corrected chi connectivity index (χ4v) is 3.81. The van der Waals surface area contributed by atoms with Crippen molar-refractivity contribution < 1.29 is 9.13 Å². The Morgan fingerprint density at radius 1 is 1.23 bits per heavy atom. The Morgan fingerprint density at radius 3 is 2.60 bits per heavy atom. The van der Waals surface area contributed by atoms with Gasteiger partial charge in [0.15, 0.2) is 5.96 Å². The van der Waals surface area contributed by atoms with Gasteiger partial charge in [0.2, 0.25) is 0 Å². The van der Waals surface area contributed by atoms with E-state index >= 15 is 0 Å². The van der Waals surface area contributed by atoms with E-state index in [4.69, 9.17) is 4.74 Å². The molecule has 0 aromatic heterocycles. The molecule has 1 aliphatic heterocycles. The van der Waals surface area contributed by atoms with Crippen molar-refractivity contribution >= 4 is 29.9 Å². The largest absolute Gasteiger partial charge is 0.497 e. The number of nitrogens with zero attached hydrogens (tertiary/aromatic N) is 3. The number of hydrogen-bond acceptors (Lipinski definition) is 3. The van der Waals surface area contributed by atoms with E-state index in [-0.39, 0.29) is 29.8 Å². The summed E-state index contributed by atoms with van der Waals surface area (Å²) in [4.78, 5) is 8.72. The van der Waals surface area contributed by atoms with Crippen LogP contribution in [0.4, 0.5) is 4.39 Å². The summed E-state index contributed by atoms with van der Waals surface area (Å²) in [6.45, 7) is 3.11. The van der Waals surface area contributed by atoms with Gasteiger partial charge < -0.3 is 19.9 Å². The minimum absolute atomic E-state index is 0. The van der Waals surface area contributed by atoms with E-state index < -0.39 is 0 Å². The van der Waals surface area contributed by atoms with Crippen molar-refractivity contribution in [3.8, 4) is 5.75 Å². The Balaban J connectivity index is 0.00000320. The molecule has 0 saturated carbocycles. The summed E-state index contributed by atoms with van der Waals surface area (Å²) in [6, 6.07) is 13.6. The van der Waals surface area contributed by atoms with E-state index in [1.807, 2.05) is 50.3 Å². The number of hydrogen-bond donors (Lipinski definition) is 1. The zero-order chi connectivity index (χ0) is 20.8. The molecule has 0 bridgehead atoms. The summed E-state index contributed by atoms with van der Waals surface area (Å²) in [7, 11) is 7.38. The first-order valence-electron chi connectivity index (χ1n) is 10.0. The molecule has 164 valence electrons. The van der Waals surface area contributed by atoms with Crippen LogP contribution < -0.4 is 10.1 Å². The van der Waals surface area contributed by atoms with Crippen molar-refractivity contribution in [3.05, 3.63) is 65.0 Å². The smallest absolute Gasteiger partial charge is 0.193 e. The van der Waals surface area contributed by atoms with Crippen LogP contribution in [0.15, 0.2) is 47.5 Å². The number of ether oxygens (including phenoxy) is 1. The third-order valence-corrected chi connectivity index (χ3v) is 5.33. The predicted molar refractivity (Wildman–Crippen MR) is 131 cm³/mol. The lowest BCUT2D eigenvalue weighted by Crippen LogP contribution is -2.39. The van der Waals surface area contributed by atoms with Crippen molar-refractivity contribution in [2.75, 3.05) is 41.3 Å². The van der Waals surface area contributed by atoms with Gasteiger partial charge in [-0.05, 0) is 55.9 Å². The van der Waals surface area contributed by atoms with Crippen molar-refractivity contribution in [1.29, 1.82) is 0 Å². The summed E-state index contributed by atoms with van der Waals surface area (Å²) in [5, 5.41) is 3.44. The molecule has 0 radical (unpaired) electrons. The maximum absolute atomic E-state index is 14.0. The van der Waals surface area contributed by atoms with Crippen LogP contribution in [0.3, 0.4) is 0 Å². The SMILES string of the molecule is CN=C(NCc1ccc(F)c(CN(C)C)c1)N1CCC(c2ccc(OC)cc2)C1.I. The van der Waals surface area contributed by atoms with Gasteiger partial charge in [0.1, 0.15) is 11.6 Å². The zero-order valence-corrected chi connectivity index (χ0v) is 20.5. The molecule has 2 aromatic rings. The van der Waals surface area contributed by atoms with E-state index in [1.54, 1.807) is 13.2 Å². The molecular weight excluding hydrogens is 494 g/mol. The second-order valence-electron chi connectivity index (χ2n) is 7.77. The number of methoxy groups -OCH3 is 1. The molecule has 0 amide bonds. The number of nitrogens with one attached hydrogen (secondary N) is 1. The van der Waals surface area contributed by atoms with E-state index in [1.165, 1.54) is 5.56 Å². The minimum atomic E-state index is -0.159. The normalized spacial score (nSPS) is 16.5. The quantitative estimate of drug-likeness (QED) is 0.350. The highest BCUT2D eigenvalue weighted by Gasteiger charge is 2.26. The van der Waals surface area contributed by atoms with Gasteiger partial charge in [-0.3, -0.25) is 4.99 Å². The second kappa shape index (κ2) is 11.5. The monoisotopic (exact) mass is 526 g/mol. The molecule has 1 atom stereocenters. The third-order valence-electron chi connectivity index (χ3n) is 5.33. The first-order valence-corrected chi connectivity index (χ1v) is 10.0. The van der Waals surface area contributed by atoms with Gasteiger partial charge in [-0.2, -0.15) is 0 Å². The fourth-order valence-electron chi connectivity index (χ4n) is 3.81. The van der Waals surface area contributed by atoms with Crippen molar-refractivity contribution in [1.82, 2.24) is 15.1 Å². The highest BCUT2D eigenvalue weighted by atomic mass is 127. The fraction of sp³-hybridized carbons (Fsp3) is 0.435. The molecule has 7 heteroatoms. The summed E-state index contributed by atoms with van der Waals surface area (Å²) >= 11 is 0. The van der Waals surface area contributed by atoms with Crippen LogP contribution in [0.2, 0.25) is 0 Å². The molecule has 30 heavy (non-hydrogen) atoms. The van der Waals surface area contributed by atoms with Crippen LogP contribution in [-0.4, -0.2) is 57.1 Å². The van der Waals surface area contributed by atoms with Gasteiger partial charge in [-0.15, -0.1) is 24.0 Å². The van der Waals surface area contributed by atoms with Crippen LogP contribution in [0.1, 0.15) is 29.0 Å². The van der Waals surface area contributed by atoms with E-state index in [9.17, 15) is 4.39 Å². The second-order valence-corrected chi connectivity index (χ2v) is 7.77. The van der Waals surface area contributed by atoms with E-state index in [2.05, 4.69) is 27.3 Å². The van der Waals surface area contributed by atoms with Crippen LogP contribution in [0, 0.1) is 5.82 Å². The summed E-state index contributed by atoms with van der Waals surface area (Å²) < 4.78 is 19.3. The van der Waals surface area contributed by atoms with Crippen LogP contribution in [0.5, 0.6) is 5.75 Å². The number of guanidine groups is 1. The number of likely N-dealkylation sites (tertiary alicyclic amines) is 1. The maximum atomic E-state index is 14.0. The van der Waals surface area contributed by atoms with Crippen molar-refractivity contribution in [3.63, 3.8) is 0 Å². The Hall–Kier alpha value is -1.87. The highest BCUT2D eigenvalue weighted by Crippen LogP contribution is 2.28. The van der Waals surface area contributed by atoms with Gasteiger partial charge in [-0.25, -0.2) is 4.39 Å². The van der Waals surface area contributed by atoms with Gasteiger partial charge in [-0.1, -0.05) is 18.2 Å². The molecule has 1 unspecified atom stereocenters. The third kappa shape index (κ3) is 6.31. The number of benzene rings is 2. The average molecular weight is 526 g/mol. The molecule has 5 nitrogen and oxygen atoms in total. The van der Waals surface area contributed by atoms with Crippen LogP contribution in [0.25, 0.3) is 0 Å². The average Bonchev–Trinajstić information content (AvgIpc) is 3.20. The van der Waals surface area contributed by atoms with Crippen LogP contribution in [-0.2, 0) is 13.1 Å². The number of halogens is 2. The Labute approximate surface area is 196 Å². The molecule has 2 aromatic carbocycles. The Bertz CT molecular complexity index is 842. The first-order chi connectivity index (χ1) is 14.0. The molecule has 3 rings (SSSR count). The number of aliphatic imine (C=N–C) groups is 1. The molecule has 1 N–H and O–H groups in total. The van der Waals surface area contributed by atoms with Gasteiger partial charge >= 0.3 is 0 Å². The summed E-state index contributed by atoms with van der Waals surface area (Å²) in [6.07, 6.45) is 1.09. The molecule has 1 aliphatic rings. The Morgan fingerprint density at radius 2 is 1.97 bits per heavy atom. The Kier molecular flexibility index (Phi) is 9.36. The topological polar surface area (TPSA) is 40.1 Å². The summed E-state index contributed by atoms with van der Waals surface area (Å²) in [5.41, 5.74) is 3.09. The minimum Gasteiger partial charge on any atom is -0.497 e. The molecule has 0 spiro atoms. The van der Waals surface area contributed by atoms with Crippen molar-refractivity contribution in [2.45, 2.75) is 25.4 Å². The maximum Gasteiger partial charge on any atom is 0.193 e. The van der Waals surface area contributed by atoms with Gasteiger partial charge in [0.25, 0.3) is 0 Å². The summed E-state index contributed by atoms with van der Waals surface area (Å²) in [5.74, 6) is 2.10. The van der Waals surface area contributed by atoms with E-state index in [0.29, 0.717) is 24.6 Å². The molecule has 0 aliphatic carbocycles. The molecule has 1 fully saturated rings. The lowest BCUT2D eigenvalue weighted by atomic mass is 9.98. The molecular formula is C23H32FIN4O. The first kappa shape index (κ1) is 24.4. The number of rotatable bonds is 6. The molecule has 1 saturated heterocycles. The lowest BCUT2D eigenvalue weighted by Gasteiger charge is -2.22. The lowest BCUT2D eigenvalue weighted by molar-refractivity contribution is 0.392. The van der Waals surface area contributed by atoms with Gasteiger partial charge in [0.05, 0.1) is 7.11 Å². The molecule has 1 heterocycles. The standard InChI is InChI=1S/C23H31FN4O.HI/c1-25-23(26-14-17-5-10-22(24)20(13-17)15-27(2)3)28-12-11-19(16-28)18-6-8-21(29-4)9-7-18;/h5-10,13,19H,11-12,14-16H2,1-4H3,(H,25,26);1H. The predicted octanol–water partition coefficient (Wildman–Crippen LogP) is 4.08. The van der Waals surface area contributed by atoms with Crippen LogP contribution >= 0.6 is 24.0 Å². The van der Waals surface area contributed by atoms with Gasteiger partial charge in [0, 0.05) is 44.7 Å².